The highest BCUT2D eigenvalue weighted by Gasteiger charge is 2.35. The van der Waals surface area contributed by atoms with Crippen LogP contribution in [0.15, 0.2) is 30.5 Å². The second kappa shape index (κ2) is 7.42. The molecule has 6 nitrogen and oxygen atoms in total. The number of hydrogen-bond acceptors (Lipinski definition) is 3. The van der Waals surface area contributed by atoms with Gasteiger partial charge in [-0.1, -0.05) is 19.4 Å². The van der Waals surface area contributed by atoms with Crippen LogP contribution in [-0.2, 0) is 11.0 Å². The Morgan fingerprint density at radius 1 is 1.30 bits per heavy atom. The van der Waals surface area contributed by atoms with Crippen molar-refractivity contribution in [3.05, 3.63) is 47.3 Å². The van der Waals surface area contributed by atoms with E-state index >= 15 is 0 Å². The number of benzene rings is 1. The van der Waals surface area contributed by atoms with Gasteiger partial charge in [0.2, 0.25) is 0 Å². The highest BCUT2D eigenvalue weighted by molar-refractivity contribution is 5.98. The zero-order chi connectivity index (χ0) is 20.4. The number of carboxylic acids is 1. The maximum atomic E-state index is 12.9. The highest BCUT2D eigenvalue weighted by atomic mass is 19.4. The van der Waals surface area contributed by atoms with E-state index in [0.29, 0.717) is 12.1 Å². The second-order valence-corrected chi connectivity index (χ2v) is 6.44. The number of aromatic nitrogens is 2. The predicted octanol–water partition coefficient (Wildman–Crippen LogP) is 3.57. The first-order valence-corrected chi connectivity index (χ1v) is 8.27. The highest BCUT2D eigenvalue weighted by Crippen LogP contribution is 2.30. The first kappa shape index (κ1) is 20.5. The van der Waals surface area contributed by atoms with Gasteiger partial charge in [-0.05, 0) is 38.5 Å². The minimum atomic E-state index is -4.50. The molecule has 1 amide bonds. The molecule has 0 spiro atoms. The van der Waals surface area contributed by atoms with Gasteiger partial charge in [0.15, 0.2) is 0 Å². The number of nitrogens with one attached hydrogen (secondary N) is 1. The Kier molecular flexibility index (Phi) is 5.62. The zero-order valence-corrected chi connectivity index (χ0v) is 15.1. The fraction of sp³-hybridized carbons (Fsp3) is 0.389. The molecule has 0 aliphatic heterocycles. The van der Waals surface area contributed by atoms with E-state index in [4.69, 9.17) is 0 Å². The molecule has 0 saturated carbocycles. The maximum Gasteiger partial charge on any atom is 0.416 e. The molecule has 0 bridgehead atoms. The van der Waals surface area contributed by atoms with Crippen LogP contribution < -0.4 is 5.32 Å². The number of alkyl halides is 3. The number of halogens is 3. The van der Waals surface area contributed by atoms with Gasteiger partial charge in [-0.2, -0.15) is 18.3 Å². The van der Waals surface area contributed by atoms with E-state index in [1.54, 1.807) is 6.92 Å². The van der Waals surface area contributed by atoms with Crippen LogP contribution in [0.1, 0.15) is 48.3 Å². The summed E-state index contributed by atoms with van der Waals surface area (Å²) in [4.78, 5) is 24.0. The Hall–Kier alpha value is -2.84. The van der Waals surface area contributed by atoms with Crippen LogP contribution in [0.25, 0.3) is 5.69 Å². The van der Waals surface area contributed by atoms with E-state index < -0.39 is 29.2 Å². The predicted molar refractivity (Wildman–Crippen MR) is 91.7 cm³/mol. The standard InChI is InChI=1S/C18H20F3N3O3/c1-4-8-17(3,16(26)27)23-15(25)14-10-22-24(11(14)2)13-7-5-6-12(9-13)18(19,20)21/h5-7,9-10H,4,8H2,1-3H3,(H,23,25)(H,26,27). The van der Waals surface area contributed by atoms with Gasteiger partial charge in [0, 0.05) is 0 Å². The summed E-state index contributed by atoms with van der Waals surface area (Å²) in [6.07, 6.45) is -2.51. The topological polar surface area (TPSA) is 84.2 Å². The third-order valence-corrected chi connectivity index (χ3v) is 4.28. The summed E-state index contributed by atoms with van der Waals surface area (Å²) < 4.78 is 39.9. The number of carbonyl (C=O) groups is 2. The first-order valence-electron chi connectivity index (χ1n) is 8.27. The van der Waals surface area contributed by atoms with Gasteiger partial charge >= 0.3 is 12.1 Å². The van der Waals surface area contributed by atoms with Crippen molar-refractivity contribution in [2.24, 2.45) is 0 Å². The molecule has 2 rings (SSSR count). The van der Waals surface area contributed by atoms with Crippen LogP contribution in [-0.4, -0.2) is 32.3 Å². The average molecular weight is 383 g/mol. The number of carboxylic acid groups (broad SMARTS) is 1. The van der Waals surface area contributed by atoms with E-state index in [1.165, 1.54) is 36.9 Å². The Bertz CT molecular complexity index is 861. The number of carbonyl (C=O) groups excluding carboxylic acids is 1. The largest absolute Gasteiger partial charge is 0.480 e. The molecular formula is C18H20F3N3O3. The van der Waals surface area contributed by atoms with E-state index in [2.05, 4.69) is 10.4 Å². The van der Waals surface area contributed by atoms with Crippen molar-refractivity contribution in [3.8, 4) is 5.69 Å². The summed E-state index contributed by atoms with van der Waals surface area (Å²) in [6, 6.07) is 4.57. The lowest BCUT2D eigenvalue weighted by atomic mass is 9.96. The van der Waals surface area contributed by atoms with E-state index in [0.717, 1.165) is 12.1 Å². The molecule has 1 aromatic heterocycles. The van der Waals surface area contributed by atoms with Crippen molar-refractivity contribution in [2.75, 3.05) is 0 Å². The van der Waals surface area contributed by atoms with Crippen molar-refractivity contribution >= 4 is 11.9 Å². The van der Waals surface area contributed by atoms with Gasteiger partial charge in [0.05, 0.1) is 28.7 Å². The van der Waals surface area contributed by atoms with E-state index in [9.17, 15) is 27.9 Å². The molecule has 27 heavy (non-hydrogen) atoms. The summed E-state index contributed by atoms with van der Waals surface area (Å²) in [6.45, 7) is 4.73. The van der Waals surface area contributed by atoms with Gasteiger partial charge in [0.25, 0.3) is 5.91 Å². The Balaban J connectivity index is 2.35. The number of hydrogen-bond donors (Lipinski definition) is 2. The Morgan fingerprint density at radius 3 is 2.52 bits per heavy atom. The molecule has 1 unspecified atom stereocenters. The molecule has 146 valence electrons. The van der Waals surface area contributed by atoms with Crippen molar-refractivity contribution in [1.29, 1.82) is 0 Å². The van der Waals surface area contributed by atoms with Crippen molar-refractivity contribution in [3.63, 3.8) is 0 Å². The van der Waals surface area contributed by atoms with Crippen LogP contribution >= 0.6 is 0 Å². The van der Waals surface area contributed by atoms with Crippen LogP contribution in [0.5, 0.6) is 0 Å². The van der Waals surface area contributed by atoms with Crippen LogP contribution in [0.2, 0.25) is 0 Å². The fourth-order valence-electron chi connectivity index (χ4n) is 2.75. The fourth-order valence-corrected chi connectivity index (χ4v) is 2.75. The summed E-state index contributed by atoms with van der Waals surface area (Å²) in [5, 5.41) is 15.8. The molecule has 1 aromatic carbocycles. The van der Waals surface area contributed by atoms with Crippen molar-refractivity contribution < 1.29 is 27.9 Å². The van der Waals surface area contributed by atoms with Gasteiger partial charge < -0.3 is 10.4 Å². The number of amides is 1. The van der Waals surface area contributed by atoms with Crippen molar-refractivity contribution in [1.82, 2.24) is 15.1 Å². The van der Waals surface area contributed by atoms with E-state index in [-0.39, 0.29) is 17.7 Å². The van der Waals surface area contributed by atoms with Gasteiger partial charge in [-0.25, -0.2) is 9.48 Å². The normalized spacial score (nSPS) is 13.9. The molecule has 2 N–H and O–H groups in total. The molecule has 9 heteroatoms. The molecule has 0 saturated heterocycles. The molecule has 1 atom stereocenters. The number of rotatable bonds is 6. The molecular weight excluding hydrogens is 363 g/mol. The van der Waals surface area contributed by atoms with Crippen LogP contribution in [0.3, 0.4) is 0 Å². The number of nitrogens with zero attached hydrogens (tertiary/aromatic N) is 2. The average Bonchev–Trinajstić information content (AvgIpc) is 2.96. The van der Waals surface area contributed by atoms with Gasteiger partial charge in [0.1, 0.15) is 5.54 Å². The maximum absolute atomic E-state index is 12.9. The smallest absolute Gasteiger partial charge is 0.416 e. The SMILES string of the molecule is CCCC(C)(NC(=O)c1cnn(-c2cccc(C(F)(F)F)c2)c1C)C(=O)O. The molecule has 0 aliphatic carbocycles. The van der Waals surface area contributed by atoms with Crippen molar-refractivity contribution in [2.45, 2.75) is 45.3 Å². The molecule has 1 heterocycles. The molecule has 0 radical (unpaired) electrons. The van der Waals surface area contributed by atoms with Gasteiger partial charge in [-0.3, -0.25) is 4.79 Å². The summed E-state index contributed by atoms with van der Waals surface area (Å²) in [5.41, 5.74) is -1.73. The first-order chi connectivity index (χ1) is 12.5. The van der Waals surface area contributed by atoms with E-state index in [1.807, 2.05) is 0 Å². The van der Waals surface area contributed by atoms with Crippen LogP contribution in [0.4, 0.5) is 13.2 Å². The Labute approximate surface area is 154 Å². The quantitative estimate of drug-likeness (QED) is 0.799. The third kappa shape index (κ3) is 4.29. The third-order valence-electron chi connectivity index (χ3n) is 4.28. The lowest BCUT2D eigenvalue weighted by Gasteiger charge is -2.25. The Morgan fingerprint density at radius 2 is 1.96 bits per heavy atom. The molecule has 0 fully saturated rings. The van der Waals surface area contributed by atoms with Gasteiger partial charge in [-0.15, -0.1) is 0 Å². The summed E-state index contributed by atoms with van der Waals surface area (Å²) in [7, 11) is 0. The van der Waals surface area contributed by atoms with Crippen LogP contribution in [0, 0.1) is 6.92 Å². The summed E-state index contributed by atoms with van der Waals surface area (Å²) >= 11 is 0. The zero-order valence-electron chi connectivity index (χ0n) is 15.1. The minimum Gasteiger partial charge on any atom is -0.480 e. The second-order valence-electron chi connectivity index (χ2n) is 6.44. The lowest BCUT2D eigenvalue weighted by Crippen LogP contribution is -2.52. The lowest BCUT2D eigenvalue weighted by molar-refractivity contribution is -0.144. The monoisotopic (exact) mass is 383 g/mol. The minimum absolute atomic E-state index is 0.0935. The molecule has 2 aromatic rings. The number of aliphatic carboxylic acids is 1. The molecule has 0 aliphatic rings. The summed E-state index contributed by atoms with van der Waals surface area (Å²) in [5.74, 6) is -1.82.